The van der Waals surface area contributed by atoms with Gasteiger partial charge in [0.15, 0.2) is 11.5 Å². The number of amides is 2. The monoisotopic (exact) mass is 350 g/mol. The molecule has 2 amide bonds. The first-order chi connectivity index (χ1) is 11.7. The van der Waals surface area contributed by atoms with Crippen LogP contribution in [0.2, 0.25) is 0 Å². The fourth-order valence-electron chi connectivity index (χ4n) is 2.03. The number of carbonyl (C=O) groups excluding carboxylic acids is 2. The van der Waals surface area contributed by atoms with Gasteiger partial charge in [-0.15, -0.1) is 6.58 Å². The van der Waals surface area contributed by atoms with Crippen LogP contribution in [0.4, 0.5) is 10.5 Å². The number of rotatable bonds is 7. The predicted octanol–water partition coefficient (Wildman–Crippen LogP) is 2.75. The van der Waals surface area contributed by atoms with Crippen molar-refractivity contribution in [3.63, 3.8) is 0 Å². The zero-order valence-corrected chi connectivity index (χ0v) is 15.4. The van der Waals surface area contributed by atoms with E-state index in [9.17, 15) is 9.59 Å². The van der Waals surface area contributed by atoms with Gasteiger partial charge in [-0.25, -0.2) is 4.79 Å². The average Bonchev–Trinajstić information content (AvgIpc) is 2.55. The smallest absolute Gasteiger partial charge is 0.408 e. The van der Waals surface area contributed by atoms with Gasteiger partial charge in [0, 0.05) is 18.3 Å². The van der Waals surface area contributed by atoms with Crippen molar-refractivity contribution in [1.82, 2.24) is 5.32 Å². The largest absolute Gasteiger partial charge is 0.493 e. The third-order valence-corrected chi connectivity index (χ3v) is 3.07. The van der Waals surface area contributed by atoms with Crippen molar-refractivity contribution in [1.29, 1.82) is 0 Å². The molecule has 0 bridgehead atoms. The van der Waals surface area contributed by atoms with Gasteiger partial charge in [-0.05, 0) is 32.9 Å². The molecule has 0 heterocycles. The Balaban J connectivity index is 2.87. The number of anilines is 1. The summed E-state index contributed by atoms with van der Waals surface area (Å²) in [6.45, 7) is 9.01. The number of hydrogen-bond acceptors (Lipinski definition) is 5. The van der Waals surface area contributed by atoms with Crippen LogP contribution >= 0.6 is 0 Å². The fourth-order valence-corrected chi connectivity index (χ4v) is 2.03. The van der Waals surface area contributed by atoms with Crippen molar-refractivity contribution in [2.45, 2.75) is 26.4 Å². The van der Waals surface area contributed by atoms with Crippen LogP contribution in [-0.2, 0) is 9.53 Å². The number of alkyl carbamates (subject to hydrolysis) is 1. The van der Waals surface area contributed by atoms with E-state index in [0.717, 1.165) is 0 Å². The van der Waals surface area contributed by atoms with Crippen molar-refractivity contribution < 1.29 is 23.8 Å². The van der Waals surface area contributed by atoms with Crippen LogP contribution in [0.3, 0.4) is 0 Å². The topological polar surface area (TPSA) is 77.1 Å². The highest BCUT2D eigenvalue weighted by molar-refractivity contribution is 5.96. The van der Waals surface area contributed by atoms with Gasteiger partial charge in [0.1, 0.15) is 12.1 Å². The fraction of sp³-hybridized carbons (Fsp3) is 0.444. The van der Waals surface area contributed by atoms with Crippen LogP contribution in [0.5, 0.6) is 11.5 Å². The highest BCUT2D eigenvalue weighted by Gasteiger charge is 2.20. The number of methoxy groups -OCH3 is 2. The van der Waals surface area contributed by atoms with Gasteiger partial charge in [0.2, 0.25) is 5.91 Å². The Kier molecular flexibility index (Phi) is 7.29. The molecule has 1 aromatic carbocycles. The molecule has 0 fully saturated rings. The van der Waals surface area contributed by atoms with Gasteiger partial charge in [-0.2, -0.15) is 0 Å². The maximum Gasteiger partial charge on any atom is 0.408 e. The molecule has 0 aliphatic heterocycles. The molecule has 7 heteroatoms. The summed E-state index contributed by atoms with van der Waals surface area (Å²) in [5.74, 6) is 0.754. The van der Waals surface area contributed by atoms with Crippen molar-refractivity contribution in [2.75, 3.05) is 32.2 Å². The minimum Gasteiger partial charge on any atom is -0.493 e. The van der Waals surface area contributed by atoms with Crippen LogP contribution in [0.25, 0.3) is 0 Å². The lowest BCUT2D eigenvalue weighted by atomic mass is 10.2. The first kappa shape index (κ1) is 20.3. The Hall–Kier alpha value is -2.70. The molecule has 1 N–H and O–H groups in total. The number of ether oxygens (including phenoxy) is 3. The molecule has 1 rings (SSSR count). The second-order valence-corrected chi connectivity index (χ2v) is 6.19. The molecule has 0 spiro atoms. The summed E-state index contributed by atoms with van der Waals surface area (Å²) >= 11 is 0. The summed E-state index contributed by atoms with van der Waals surface area (Å²) in [6.07, 6.45) is 0.953. The molecule has 25 heavy (non-hydrogen) atoms. The summed E-state index contributed by atoms with van der Waals surface area (Å²) < 4.78 is 15.6. The zero-order chi connectivity index (χ0) is 19.0. The van der Waals surface area contributed by atoms with Gasteiger partial charge in [-0.1, -0.05) is 6.08 Å². The maximum atomic E-state index is 12.5. The van der Waals surface area contributed by atoms with Crippen LogP contribution in [0.15, 0.2) is 30.9 Å². The molecular weight excluding hydrogens is 324 g/mol. The SMILES string of the molecule is C=CCN(C(=O)CNC(=O)OC(C)(C)C)c1ccc(OC)c(OC)c1. The van der Waals surface area contributed by atoms with Gasteiger partial charge in [0.25, 0.3) is 0 Å². The Morgan fingerprint density at radius 2 is 1.84 bits per heavy atom. The van der Waals surface area contributed by atoms with E-state index in [0.29, 0.717) is 17.2 Å². The van der Waals surface area contributed by atoms with Crippen LogP contribution in [-0.4, -0.2) is 44.9 Å². The molecule has 0 aliphatic rings. The first-order valence-corrected chi connectivity index (χ1v) is 7.82. The lowest BCUT2D eigenvalue weighted by Crippen LogP contribution is -2.42. The van der Waals surface area contributed by atoms with Crippen LogP contribution in [0.1, 0.15) is 20.8 Å². The molecule has 0 saturated heterocycles. The second-order valence-electron chi connectivity index (χ2n) is 6.19. The Morgan fingerprint density at radius 1 is 1.20 bits per heavy atom. The normalized spacial score (nSPS) is 10.6. The van der Waals surface area contributed by atoms with E-state index in [1.165, 1.54) is 19.1 Å². The third kappa shape index (κ3) is 6.37. The van der Waals surface area contributed by atoms with Crippen molar-refractivity contribution in [3.05, 3.63) is 30.9 Å². The number of hydrogen-bond donors (Lipinski definition) is 1. The van der Waals surface area contributed by atoms with Crippen molar-refractivity contribution >= 4 is 17.7 Å². The highest BCUT2D eigenvalue weighted by Crippen LogP contribution is 2.31. The number of carbonyl (C=O) groups is 2. The lowest BCUT2D eigenvalue weighted by molar-refractivity contribution is -0.117. The highest BCUT2D eigenvalue weighted by atomic mass is 16.6. The molecule has 1 aromatic rings. The van der Waals surface area contributed by atoms with E-state index in [1.54, 1.807) is 45.0 Å². The predicted molar refractivity (Wildman–Crippen MR) is 96.3 cm³/mol. The van der Waals surface area contributed by atoms with E-state index in [2.05, 4.69) is 11.9 Å². The maximum absolute atomic E-state index is 12.5. The average molecular weight is 350 g/mol. The van der Waals surface area contributed by atoms with E-state index in [4.69, 9.17) is 14.2 Å². The number of nitrogens with zero attached hydrogens (tertiary/aromatic N) is 1. The zero-order valence-electron chi connectivity index (χ0n) is 15.4. The first-order valence-electron chi connectivity index (χ1n) is 7.82. The van der Waals surface area contributed by atoms with Crippen molar-refractivity contribution in [3.8, 4) is 11.5 Å². The quantitative estimate of drug-likeness (QED) is 0.765. The molecule has 0 aromatic heterocycles. The molecule has 138 valence electrons. The van der Waals surface area contributed by atoms with Gasteiger partial charge < -0.3 is 24.4 Å². The molecular formula is C18H26N2O5. The summed E-state index contributed by atoms with van der Waals surface area (Å²) in [5.41, 5.74) is -0.0226. The summed E-state index contributed by atoms with van der Waals surface area (Å²) in [4.78, 5) is 25.7. The van der Waals surface area contributed by atoms with E-state index < -0.39 is 11.7 Å². The Morgan fingerprint density at radius 3 is 2.36 bits per heavy atom. The molecule has 0 unspecified atom stereocenters. The van der Waals surface area contributed by atoms with Crippen molar-refractivity contribution in [2.24, 2.45) is 0 Å². The molecule has 0 radical (unpaired) electrons. The van der Waals surface area contributed by atoms with E-state index in [-0.39, 0.29) is 19.0 Å². The Labute approximate surface area is 148 Å². The standard InChI is InChI=1S/C18H26N2O5/c1-7-10-20(13-8-9-14(23-5)15(11-13)24-6)16(21)12-19-17(22)25-18(2,3)4/h7-9,11H,1,10,12H2,2-6H3,(H,19,22). The lowest BCUT2D eigenvalue weighted by Gasteiger charge is -2.23. The molecule has 7 nitrogen and oxygen atoms in total. The van der Waals surface area contributed by atoms with Gasteiger partial charge in [-0.3, -0.25) is 4.79 Å². The van der Waals surface area contributed by atoms with Crippen LogP contribution in [0, 0.1) is 0 Å². The number of nitrogens with one attached hydrogen (secondary N) is 1. The van der Waals surface area contributed by atoms with E-state index >= 15 is 0 Å². The minimum absolute atomic E-state index is 0.197. The number of benzene rings is 1. The molecule has 0 aliphatic carbocycles. The Bertz CT molecular complexity index is 622. The summed E-state index contributed by atoms with van der Waals surface area (Å²) in [7, 11) is 3.06. The minimum atomic E-state index is -0.647. The van der Waals surface area contributed by atoms with Gasteiger partial charge >= 0.3 is 6.09 Å². The van der Waals surface area contributed by atoms with Gasteiger partial charge in [0.05, 0.1) is 14.2 Å². The van der Waals surface area contributed by atoms with Crippen LogP contribution < -0.4 is 19.7 Å². The summed E-state index contributed by atoms with van der Waals surface area (Å²) in [6, 6.07) is 5.13. The molecule has 0 saturated carbocycles. The molecule has 0 atom stereocenters. The second kappa shape index (κ2) is 8.96. The summed E-state index contributed by atoms with van der Waals surface area (Å²) in [5, 5.41) is 2.46. The third-order valence-electron chi connectivity index (χ3n) is 3.07. The van der Waals surface area contributed by atoms with E-state index in [1.807, 2.05) is 0 Å².